The van der Waals surface area contributed by atoms with E-state index in [0.29, 0.717) is 12.0 Å². The molecule has 0 saturated heterocycles. The molecule has 0 aliphatic rings. The second-order valence-electron chi connectivity index (χ2n) is 7.27. The van der Waals surface area contributed by atoms with E-state index in [1.165, 1.54) is 5.56 Å². The summed E-state index contributed by atoms with van der Waals surface area (Å²) >= 11 is 0. The van der Waals surface area contributed by atoms with Gasteiger partial charge in [0.15, 0.2) is 0 Å². The van der Waals surface area contributed by atoms with Crippen LogP contribution in [0.25, 0.3) is 0 Å². The van der Waals surface area contributed by atoms with Gasteiger partial charge in [0.1, 0.15) is 5.82 Å². The summed E-state index contributed by atoms with van der Waals surface area (Å²) in [6.07, 6.45) is 0. The van der Waals surface area contributed by atoms with Crippen molar-refractivity contribution in [1.82, 2.24) is 9.97 Å². The Bertz CT molecular complexity index is 630. The maximum Gasteiger partial charge on any atom is 0.225 e. The van der Waals surface area contributed by atoms with Gasteiger partial charge in [-0.1, -0.05) is 30.3 Å². The van der Waals surface area contributed by atoms with Gasteiger partial charge in [0.2, 0.25) is 5.95 Å². The summed E-state index contributed by atoms with van der Waals surface area (Å²) in [5.74, 6) is 1.65. The third-order valence-corrected chi connectivity index (χ3v) is 3.44. The van der Waals surface area contributed by atoms with Crippen LogP contribution < -0.4 is 10.2 Å². The van der Waals surface area contributed by atoms with E-state index in [-0.39, 0.29) is 5.54 Å². The fourth-order valence-electron chi connectivity index (χ4n) is 2.40. The Labute approximate surface area is 140 Å². The van der Waals surface area contributed by atoms with E-state index in [0.717, 1.165) is 18.1 Å². The van der Waals surface area contributed by atoms with Crippen LogP contribution >= 0.6 is 0 Å². The Hall–Kier alpha value is -2.10. The number of nitrogens with one attached hydrogen (secondary N) is 1. The number of benzene rings is 1. The number of aryl methyl sites for hydroxylation is 1. The van der Waals surface area contributed by atoms with E-state index in [1.807, 2.05) is 13.0 Å². The zero-order chi connectivity index (χ0) is 17.0. The van der Waals surface area contributed by atoms with Gasteiger partial charge in [0, 0.05) is 29.9 Å². The standard InChI is InChI=1S/C19H28N4/c1-14(2)23(13-16-10-8-7-9-11-16)17-12-15(3)20-18(21-17)22-19(4,5)6/h7-12,14H,13H2,1-6H3,(H,20,21,22). The molecular weight excluding hydrogens is 284 g/mol. The molecule has 0 aliphatic carbocycles. The molecule has 2 aromatic rings. The molecule has 2 rings (SSSR count). The van der Waals surface area contributed by atoms with Gasteiger partial charge in [-0.05, 0) is 47.1 Å². The highest BCUT2D eigenvalue weighted by atomic mass is 15.2. The van der Waals surface area contributed by atoms with Crippen molar-refractivity contribution in [2.24, 2.45) is 0 Å². The largest absolute Gasteiger partial charge is 0.350 e. The first-order valence-corrected chi connectivity index (χ1v) is 8.19. The zero-order valence-electron chi connectivity index (χ0n) is 15.1. The van der Waals surface area contributed by atoms with Crippen LogP contribution in [0.15, 0.2) is 36.4 Å². The van der Waals surface area contributed by atoms with Crippen LogP contribution in [-0.2, 0) is 6.54 Å². The lowest BCUT2D eigenvalue weighted by Crippen LogP contribution is -2.32. The lowest BCUT2D eigenvalue weighted by Gasteiger charge is -2.29. The summed E-state index contributed by atoms with van der Waals surface area (Å²) in [5, 5.41) is 3.37. The van der Waals surface area contributed by atoms with Gasteiger partial charge < -0.3 is 10.2 Å². The minimum absolute atomic E-state index is 0.0623. The van der Waals surface area contributed by atoms with Crippen molar-refractivity contribution in [3.63, 3.8) is 0 Å². The Morgan fingerprint density at radius 2 is 1.74 bits per heavy atom. The van der Waals surface area contributed by atoms with Crippen molar-refractivity contribution in [3.05, 3.63) is 47.7 Å². The molecule has 0 radical (unpaired) electrons. The molecular formula is C19H28N4. The van der Waals surface area contributed by atoms with Crippen LogP contribution in [-0.4, -0.2) is 21.5 Å². The van der Waals surface area contributed by atoms with Crippen molar-refractivity contribution in [2.45, 2.75) is 59.7 Å². The fourth-order valence-corrected chi connectivity index (χ4v) is 2.40. The van der Waals surface area contributed by atoms with Crippen LogP contribution in [0.1, 0.15) is 45.9 Å². The molecule has 4 heteroatoms. The van der Waals surface area contributed by atoms with E-state index < -0.39 is 0 Å². The van der Waals surface area contributed by atoms with E-state index in [4.69, 9.17) is 4.98 Å². The summed E-state index contributed by atoms with van der Waals surface area (Å²) in [6, 6.07) is 12.9. The molecule has 0 spiro atoms. The van der Waals surface area contributed by atoms with Crippen LogP contribution in [0.4, 0.5) is 11.8 Å². The van der Waals surface area contributed by atoms with Gasteiger partial charge in [-0.25, -0.2) is 4.98 Å². The number of aromatic nitrogens is 2. The van der Waals surface area contributed by atoms with Crippen molar-refractivity contribution >= 4 is 11.8 Å². The molecule has 1 heterocycles. The predicted molar refractivity (Wildman–Crippen MR) is 97.9 cm³/mol. The molecule has 0 unspecified atom stereocenters. The maximum absolute atomic E-state index is 4.74. The molecule has 0 saturated carbocycles. The highest BCUT2D eigenvalue weighted by Gasteiger charge is 2.17. The molecule has 0 aliphatic heterocycles. The van der Waals surface area contributed by atoms with Gasteiger partial charge in [-0.2, -0.15) is 4.98 Å². The topological polar surface area (TPSA) is 41.1 Å². The SMILES string of the molecule is Cc1cc(N(Cc2ccccc2)C(C)C)nc(NC(C)(C)C)n1. The highest BCUT2D eigenvalue weighted by Crippen LogP contribution is 2.21. The predicted octanol–water partition coefficient (Wildman–Crippen LogP) is 4.41. The van der Waals surface area contributed by atoms with Gasteiger partial charge in [0.25, 0.3) is 0 Å². The van der Waals surface area contributed by atoms with E-state index in [2.05, 4.69) is 80.2 Å². The number of rotatable bonds is 5. The van der Waals surface area contributed by atoms with Gasteiger partial charge >= 0.3 is 0 Å². The Kier molecular flexibility index (Phi) is 5.24. The molecule has 0 fully saturated rings. The van der Waals surface area contributed by atoms with E-state index in [9.17, 15) is 0 Å². The molecule has 23 heavy (non-hydrogen) atoms. The fraction of sp³-hybridized carbons (Fsp3) is 0.474. The summed E-state index contributed by atoms with van der Waals surface area (Å²) in [6.45, 7) is 13.6. The average Bonchev–Trinajstić information content (AvgIpc) is 2.43. The molecule has 0 atom stereocenters. The summed E-state index contributed by atoms with van der Waals surface area (Å²) in [7, 11) is 0. The number of nitrogens with zero attached hydrogens (tertiary/aromatic N) is 3. The molecule has 1 N–H and O–H groups in total. The van der Waals surface area contributed by atoms with Gasteiger partial charge in [0.05, 0.1) is 0 Å². The number of hydrogen-bond donors (Lipinski definition) is 1. The minimum atomic E-state index is -0.0623. The number of anilines is 2. The second-order valence-corrected chi connectivity index (χ2v) is 7.27. The third kappa shape index (κ3) is 5.23. The Morgan fingerprint density at radius 3 is 2.30 bits per heavy atom. The summed E-state index contributed by atoms with van der Waals surface area (Å²) in [5.41, 5.74) is 2.19. The first kappa shape index (κ1) is 17.3. The molecule has 0 bridgehead atoms. The molecule has 0 amide bonds. The Morgan fingerprint density at radius 1 is 1.09 bits per heavy atom. The third-order valence-electron chi connectivity index (χ3n) is 3.44. The monoisotopic (exact) mass is 312 g/mol. The molecule has 1 aromatic heterocycles. The van der Waals surface area contributed by atoms with Crippen molar-refractivity contribution in [1.29, 1.82) is 0 Å². The lowest BCUT2D eigenvalue weighted by atomic mass is 10.1. The average molecular weight is 312 g/mol. The number of hydrogen-bond acceptors (Lipinski definition) is 4. The molecule has 1 aromatic carbocycles. The molecule has 4 nitrogen and oxygen atoms in total. The second kappa shape index (κ2) is 6.99. The lowest BCUT2D eigenvalue weighted by molar-refractivity contribution is 0.622. The van der Waals surface area contributed by atoms with Crippen LogP contribution in [0.3, 0.4) is 0 Å². The van der Waals surface area contributed by atoms with Gasteiger partial charge in [-0.3, -0.25) is 0 Å². The van der Waals surface area contributed by atoms with E-state index >= 15 is 0 Å². The minimum Gasteiger partial charge on any atom is -0.350 e. The summed E-state index contributed by atoms with van der Waals surface area (Å²) < 4.78 is 0. The first-order chi connectivity index (χ1) is 10.7. The highest BCUT2D eigenvalue weighted by molar-refractivity contribution is 5.46. The van der Waals surface area contributed by atoms with Crippen molar-refractivity contribution in [2.75, 3.05) is 10.2 Å². The normalized spacial score (nSPS) is 11.6. The smallest absolute Gasteiger partial charge is 0.225 e. The summed E-state index contributed by atoms with van der Waals surface area (Å²) in [4.78, 5) is 11.6. The van der Waals surface area contributed by atoms with Crippen molar-refractivity contribution in [3.8, 4) is 0 Å². The van der Waals surface area contributed by atoms with Gasteiger partial charge in [-0.15, -0.1) is 0 Å². The Balaban J connectivity index is 2.32. The first-order valence-electron chi connectivity index (χ1n) is 8.19. The van der Waals surface area contributed by atoms with Crippen LogP contribution in [0.2, 0.25) is 0 Å². The van der Waals surface area contributed by atoms with Crippen LogP contribution in [0.5, 0.6) is 0 Å². The van der Waals surface area contributed by atoms with Crippen LogP contribution in [0, 0.1) is 6.92 Å². The quantitative estimate of drug-likeness (QED) is 0.888. The zero-order valence-corrected chi connectivity index (χ0v) is 15.1. The molecule has 124 valence electrons. The van der Waals surface area contributed by atoms with E-state index in [1.54, 1.807) is 0 Å². The maximum atomic E-state index is 4.74. The van der Waals surface area contributed by atoms with Crippen molar-refractivity contribution < 1.29 is 0 Å².